The molecule has 8 aromatic carbocycles. The van der Waals surface area contributed by atoms with Gasteiger partial charge in [0.2, 0.25) is 0 Å². The molecule has 0 N–H and O–H groups in total. The zero-order chi connectivity index (χ0) is 45.4. The monoisotopic (exact) mass is 871 g/mol. The van der Waals surface area contributed by atoms with Crippen LogP contribution in [0.1, 0.15) is 103 Å². The van der Waals surface area contributed by atoms with Crippen LogP contribution in [0, 0.1) is 0 Å². The predicted octanol–water partition coefficient (Wildman–Crippen LogP) is 14.5. The van der Waals surface area contributed by atoms with Crippen LogP contribution in [0.2, 0.25) is 0 Å². The molecule has 326 valence electrons. The largest absolute Gasteiger partial charge is 0.310 e. The van der Waals surface area contributed by atoms with E-state index in [0.717, 1.165) is 0 Å². The molecule has 1 nitrogen and oxygen atoms in total. The molecule has 0 amide bonds. The highest BCUT2D eigenvalue weighted by atomic mass is 28.3. The third kappa shape index (κ3) is 5.89. The lowest BCUT2D eigenvalue weighted by Gasteiger charge is -2.42. The topological polar surface area (TPSA) is 3.24 Å². The van der Waals surface area contributed by atoms with Crippen molar-refractivity contribution >= 4 is 45.9 Å². The Labute approximate surface area is 394 Å². The zero-order valence-corrected chi connectivity index (χ0v) is 41.0. The molecule has 0 saturated heterocycles. The lowest BCUT2D eigenvalue weighted by molar-refractivity contribution is 0.332. The van der Waals surface area contributed by atoms with Gasteiger partial charge in [-0.25, -0.2) is 0 Å². The number of hydrogen-bond donors (Lipinski definition) is 0. The summed E-state index contributed by atoms with van der Waals surface area (Å²) in [7, 11) is -2.76. The number of para-hydroxylation sites is 1. The number of anilines is 3. The zero-order valence-electron chi connectivity index (χ0n) is 40.0. The second-order valence-electron chi connectivity index (χ2n) is 22.5. The van der Waals surface area contributed by atoms with Crippen LogP contribution in [0.4, 0.5) is 17.1 Å². The van der Waals surface area contributed by atoms with Crippen molar-refractivity contribution in [2.75, 3.05) is 4.90 Å². The molecule has 2 heteroatoms. The molecule has 4 aliphatic rings. The summed E-state index contributed by atoms with van der Waals surface area (Å²) in [6.45, 7) is 19.5. The summed E-state index contributed by atoms with van der Waals surface area (Å²) < 4.78 is 0. The van der Waals surface area contributed by atoms with Crippen LogP contribution in [0.5, 0.6) is 0 Å². The Morgan fingerprint density at radius 3 is 1.33 bits per heavy atom. The van der Waals surface area contributed by atoms with E-state index < -0.39 is 8.07 Å². The maximum Gasteiger partial charge on any atom is 0.182 e. The summed E-state index contributed by atoms with van der Waals surface area (Å²) in [5.41, 5.74) is 20.7. The standard InChI is InChI=1S/C64H61NSi/c1-61(2)35-37-63(5,6)54-40-43(31-33-52(54)61)42-19-17-20-44(39-42)65(45-32-34-53-55(41-45)64(7,8)38-36-62(53,3)4)56-27-13-9-21-46(56)50-25-18-26-51-49-24-12-16-30-59(49)66(60(50)51)57-28-14-10-22-47(57)48-23-11-15-29-58(48)66/h9-34,39-41H,35-38H2,1-8H3. The van der Waals surface area contributed by atoms with Gasteiger partial charge in [0.1, 0.15) is 0 Å². The SMILES string of the molecule is CC1(C)CCC(C)(C)c2cc(-c3cccc(N(c4ccc5c(c4)C(C)(C)CCC5(C)C)c4ccccc4-c4cccc5c4[Si]4(c6ccccc6-c6ccccc64)c4ccccc4-5)c3)ccc21. The van der Waals surface area contributed by atoms with Crippen molar-refractivity contribution in [3.05, 3.63) is 198 Å². The van der Waals surface area contributed by atoms with Gasteiger partial charge in [-0.15, -0.1) is 0 Å². The van der Waals surface area contributed by atoms with E-state index in [2.05, 4.69) is 236 Å². The van der Waals surface area contributed by atoms with Gasteiger partial charge in [0.05, 0.1) is 5.69 Å². The van der Waals surface area contributed by atoms with E-state index in [4.69, 9.17) is 0 Å². The van der Waals surface area contributed by atoms with E-state index in [9.17, 15) is 0 Å². The van der Waals surface area contributed by atoms with Gasteiger partial charge in [-0.05, 0) is 160 Å². The lowest BCUT2D eigenvalue weighted by atomic mass is 9.63. The van der Waals surface area contributed by atoms with Crippen LogP contribution in [0.25, 0.3) is 44.5 Å². The van der Waals surface area contributed by atoms with Crippen molar-refractivity contribution < 1.29 is 0 Å². The van der Waals surface area contributed by atoms with Gasteiger partial charge in [-0.1, -0.05) is 201 Å². The predicted molar refractivity (Wildman–Crippen MR) is 284 cm³/mol. The van der Waals surface area contributed by atoms with Crippen molar-refractivity contribution in [2.45, 2.75) is 103 Å². The Morgan fingerprint density at radius 2 is 0.742 bits per heavy atom. The molecule has 0 unspecified atom stereocenters. The second kappa shape index (κ2) is 14.4. The Balaban J connectivity index is 1.11. The van der Waals surface area contributed by atoms with E-state index in [-0.39, 0.29) is 21.7 Å². The van der Waals surface area contributed by atoms with Crippen LogP contribution in [0.15, 0.2) is 176 Å². The van der Waals surface area contributed by atoms with Crippen LogP contribution in [0.3, 0.4) is 0 Å². The smallest absolute Gasteiger partial charge is 0.182 e. The lowest BCUT2D eigenvalue weighted by Crippen LogP contribution is -2.71. The highest BCUT2D eigenvalue weighted by molar-refractivity contribution is 7.24. The molecule has 0 fully saturated rings. The third-order valence-electron chi connectivity index (χ3n) is 16.8. The molecule has 12 rings (SSSR count). The van der Waals surface area contributed by atoms with Crippen LogP contribution in [-0.2, 0) is 21.7 Å². The van der Waals surface area contributed by atoms with Crippen molar-refractivity contribution in [2.24, 2.45) is 0 Å². The molecule has 2 heterocycles. The average molecular weight is 872 g/mol. The summed E-state index contributed by atoms with van der Waals surface area (Å²) in [6.07, 6.45) is 4.77. The van der Waals surface area contributed by atoms with Gasteiger partial charge >= 0.3 is 0 Å². The minimum absolute atomic E-state index is 0.0604. The Hall–Kier alpha value is -6.22. The van der Waals surface area contributed by atoms with E-state index in [1.807, 2.05) is 0 Å². The van der Waals surface area contributed by atoms with E-state index in [1.165, 1.54) is 130 Å². The van der Waals surface area contributed by atoms with E-state index in [1.54, 1.807) is 0 Å². The molecule has 0 atom stereocenters. The first-order valence-electron chi connectivity index (χ1n) is 24.4. The van der Waals surface area contributed by atoms with Gasteiger partial charge in [-0.2, -0.15) is 0 Å². The molecule has 1 spiro atoms. The fraction of sp³-hybridized carbons (Fsp3) is 0.250. The van der Waals surface area contributed by atoms with Crippen molar-refractivity contribution in [1.29, 1.82) is 0 Å². The van der Waals surface area contributed by atoms with Crippen molar-refractivity contribution in [3.63, 3.8) is 0 Å². The normalized spacial score (nSPS) is 18.1. The van der Waals surface area contributed by atoms with Crippen molar-refractivity contribution in [1.82, 2.24) is 0 Å². The Kier molecular flexibility index (Phi) is 8.99. The number of hydrogen-bond acceptors (Lipinski definition) is 1. The Bertz CT molecular complexity index is 3220. The minimum Gasteiger partial charge on any atom is -0.310 e. The first-order chi connectivity index (χ1) is 31.7. The van der Waals surface area contributed by atoms with Crippen LogP contribution >= 0.6 is 0 Å². The van der Waals surface area contributed by atoms with Gasteiger partial charge in [0.25, 0.3) is 0 Å². The molecular weight excluding hydrogens is 811 g/mol. The van der Waals surface area contributed by atoms with Crippen molar-refractivity contribution in [3.8, 4) is 44.5 Å². The second-order valence-corrected chi connectivity index (χ2v) is 26.2. The average Bonchev–Trinajstić information content (AvgIpc) is 3.80. The van der Waals surface area contributed by atoms with E-state index in [0.29, 0.717) is 0 Å². The van der Waals surface area contributed by atoms with Crippen LogP contribution < -0.4 is 25.6 Å². The summed E-state index contributed by atoms with van der Waals surface area (Å²) in [6, 6.07) is 68.6. The number of rotatable bonds is 5. The quantitative estimate of drug-likeness (QED) is 0.156. The number of nitrogens with zero attached hydrogens (tertiary/aromatic N) is 1. The Morgan fingerprint density at radius 1 is 0.333 bits per heavy atom. The fourth-order valence-electron chi connectivity index (χ4n) is 13.0. The fourth-order valence-corrected chi connectivity index (χ4v) is 18.8. The summed E-state index contributed by atoms with van der Waals surface area (Å²) >= 11 is 0. The molecule has 2 aliphatic carbocycles. The molecule has 0 bridgehead atoms. The highest BCUT2D eigenvalue weighted by Gasteiger charge is 2.55. The molecule has 2 aliphatic heterocycles. The molecule has 0 saturated carbocycles. The molecule has 0 radical (unpaired) electrons. The van der Waals surface area contributed by atoms with Gasteiger partial charge in [0.15, 0.2) is 8.07 Å². The number of benzene rings is 8. The highest BCUT2D eigenvalue weighted by Crippen LogP contribution is 2.51. The summed E-state index contributed by atoms with van der Waals surface area (Å²) in [4.78, 5) is 2.59. The molecule has 8 aromatic rings. The molecule has 0 aromatic heterocycles. The van der Waals surface area contributed by atoms with E-state index >= 15 is 0 Å². The first-order valence-corrected chi connectivity index (χ1v) is 26.4. The first kappa shape index (κ1) is 41.2. The van der Waals surface area contributed by atoms with Gasteiger partial charge in [-0.3, -0.25) is 0 Å². The molecular formula is C64H61NSi. The summed E-state index contributed by atoms with van der Waals surface area (Å²) in [5.74, 6) is 0. The van der Waals surface area contributed by atoms with Gasteiger partial charge < -0.3 is 4.90 Å². The third-order valence-corrected chi connectivity index (χ3v) is 21.9. The molecule has 66 heavy (non-hydrogen) atoms. The van der Waals surface area contributed by atoms with Gasteiger partial charge in [0, 0.05) is 16.9 Å². The number of fused-ring (bicyclic) bond motifs is 12. The maximum atomic E-state index is 2.59. The summed E-state index contributed by atoms with van der Waals surface area (Å²) in [5, 5.41) is 6.02. The van der Waals surface area contributed by atoms with Crippen LogP contribution in [-0.4, -0.2) is 8.07 Å². The minimum atomic E-state index is -2.76. The maximum absolute atomic E-state index is 2.76.